The third kappa shape index (κ3) is 3.10. The fraction of sp³-hybridized carbons (Fsp3) is 0.562. The molecule has 5 nitrogen and oxygen atoms in total. The molecule has 114 valence electrons. The molecule has 2 heterocycles. The highest BCUT2D eigenvalue weighted by Crippen LogP contribution is 2.19. The number of carbonyl (C=O) groups is 1. The van der Waals surface area contributed by atoms with Gasteiger partial charge in [-0.1, -0.05) is 24.3 Å². The summed E-state index contributed by atoms with van der Waals surface area (Å²) in [5.41, 5.74) is 2.51. The zero-order valence-electron chi connectivity index (χ0n) is 12.3. The van der Waals surface area contributed by atoms with E-state index < -0.39 is 0 Å². The maximum Gasteiger partial charge on any atom is 0.240 e. The molecule has 5 heteroatoms. The summed E-state index contributed by atoms with van der Waals surface area (Å²) < 4.78 is 5.60. The van der Waals surface area contributed by atoms with Crippen molar-refractivity contribution in [3.05, 3.63) is 35.4 Å². The largest absolute Gasteiger partial charge is 0.394 e. The predicted molar refractivity (Wildman–Crippen MR) is 78.8 cm³/mol. The van der Waals surface area contributed by atoms with Crippen LogP contribution in [0.3, 0.4) is 0 Å². The van der Waals surface area contributed by atoms with E-state index in [1.165, 1.54) is 11.1 Å². The Morgan fingerprint density at radius 2 is 2.14 bits per heavy atom. The highest BCUT2D eigenvalue weighted by Gasteiger charge is 2.33. The van der Waals surface area contributed by atoms with Crippen LogP contribution in [-0.4, -0.2) is 53.9 Å². The van der Waals surface area contributed by atoms with Gasteiger partial charge in [0.05, 0.1) is 24.9 Å². The number of benzene rings is 1. The first kappa shape index (κ1) is 14.5. The summed E-state index contributed by atoms with van der Waals surface area (Å²) in [6, 6.07) is 8.06. The molecule has 1 amide bonds. The summed E-state index contributed by atoms with van der Waals surface area (Å²) in [6.07, 6.45) is 0.425. The molecule has 2 aliphatic rings. The smallest absolute Gasteiger partial charge is 0.240 e. The number of nitrogens with zero attached hydrogens (tertiary/aromatic N) is 1. The highest BCUT2D eigenvalue weighted by atomic mass is 16.5. The third-order valence-corrected chi connectivity index (χ3v) is 4.22. The number of ether oxygens (including phenoxy) is 1. The van der Waals surface area contributed by atoms with Crippen LogP contribution in [0.2, 0.25) is 0 Å². The lowest BCUT2D eigenvalue weighted by molar-refractivity contribution is -0.149. The summed E-state index contributed by atoms with van der Waals surface area (Å²) >= 11 is 0. The number of hydrogen-bond acceptors (Lipinski definition) is 4. The normalized spacial score (nSPS) is 29.0. The summed E-state index contributed by atoms with van der Waals surface area (Å²) in [7, 11) is 0. The molecule has 3 atom stereocenters. The molecule has 0 radical (unpaired) electrons. The van der Waals surface area contributed by atoms with Gasteiger partial charge in [-0.25, -0.2) is 0 Å². The summed E-state index contributed by atoms with van der Waals surface area (Å²) in [5, 5.41) is 12.6. The molecule has 2 N–H and O–H groups in total. The SMILES string of the molecule is CC1CN(C(=O)[C@@H]2Cc3ccccc3CN2)CC(CO)O1. The van der Waals surface area contributed by atoms with E-state index in [0.717, 1.165) is 13.0 Å². The first-order chi connectivity index (χ1) is 10.2. The van der Waals surface area contributed by atoms with Crippen LogP contribution in [-0.2, 0) is 22.5 Å². The van der Waals surface area contributed by atoms with Crippen LogP contribution in [0.1, 0.15) is 18.1 Å². The second-order valence-electron chi connectivity index (χ2n) is 5.90. The molecule has 0 saturated carbocycles. The van der Waals surface area contributed by atoms with Crippen molar-refractivity contribution in [2.24, 2.45) is 0 Å². The van der Waals surface area contributed by atoms with E-state index >= 15 is 0 Å². The lowest BCUT2D eigenvalue weighted by Gasteiger charge is -2.38. The zero-order valence-corrected chi connectivity index (χ0v) is 12.3. The van der Waals surface area contributed by atoms with Gasteiger partial charge in [-0.2, -0.15) is 0 Å². The fourth-order valence-corrected chi connectivity index (χ4v) is 3.18. The molecule has 3 rings (SSSR count). The van der Waals surface area contributed by atoms with E-state index in [1.54, 1.807) is 0 Å². The Labute approximate surface area is 124 Å². The first-order valence-electron chi connectivity index (χ1n) is 7.52. The minimum Gasteiger partial charge on any atom is -0.394 e. The Morgan fingerprint density at radius 3 is 2.90 bits per heavy atom. The van der Waals surface area contributed by atoms with Crippen LogP contribution in [0.5, 0.6) is 0 Å². The van der Waals surface area contributed by atoms with Crippen LogP contribution in [0.25, 0.3) is 0 Å². The average molecular weight is 290 g/mol. The van der Waals surface area contributed by atoms with Crippen molar-refractivity contribution >= 4 is 5.91 Å². The van der Waals surface area contributed by atoms with E-state index in [4.69, 9.17) is 4.74 Å². The summed E-state index contributed by atoms with van der Waals surface area (Å²) in [6.45, 7) is 3.69. The molecule has 0 spiro atoms. The number of rotatable bonds is 2. The van der Waals surface area contributed by atoms with Gasteiger partial charge in [0.2, 0.25) is 5.91 Å². The molecule has 2 unspecified atom stereocenters. The van der Waals surface area contributed by atoms with Gasteiger partial charge < -0.3 is 20.1 Å². The molecule has 2 aliphatic heterocycles. The van der Waals surface area contributed by atoms with E-state index in [1.807, 2.05) is 24.0 Å². The van der Waals surface area contributed by atoms with E-state index in [9.17, 15) is 9.90 Å². The molecule has 0 bridgehead atoms. The second kappa shape index (κ2) is 6.13. The van der Waals surface area contributed by atoms with Gasteiger partial charge in [-0.3, -0.25) is 4.79 Å². The van der Waals surface area contributed by atoms with Crippen LogP contribution < -0.4 is 5.32 Å². The minimum absolute atomic E-state index is 0.0317. The Bertz CT molecular complexity index is 520. The lowest BCUT2D eigenvalue weighted by atomic mass is 9.95. The van der Waals surface area contributed by atoms with Gasteiger partial charge in [0.25, 0.3) is 0 Å². The lowest BCUT2D eigenvalue weighted by Crippen LogP contribution is -2.56. The van der Waals surface area contributed by atoms with Gasteiger partial charge in [0.1, 0.15) is 0 Å². The molecule has 0 aromatic heterocycles. The van der Waals surface area contributed by atoms with Crippen molar-refractivity contribution in [3.63, 3.8) is 0 Å². The van der Waals surface area contributed by atoms with E-state index in [-0.39, 0.29) is 30.8 Å². The average Bonchev–Trinajstić information content (AvgIpc) is 2.53. The molecule has 1 saturated heterocycles. The van der Waals surface area contributed by atoms with Gasteiger partial charge in [0, 0.05) is 19.6 Å². The van der Waals surface area contributed by atoms with Crippen molar-refractivity contribution in [1.29, 1.82) is 0 Å². The molecule has 0 aliphatic carbocycles. The number of aliphatic hydroxyl groups is 1. The molecule has 1 aromatic carbocycles. The summed E-state index contributed by atoms with van der Waals surface area (Å²) in [5.74, 6) is 0.109. The molecule has 21 heavy (non-hydrogen) atoms. The number of nitrogens with one attached hydrogen (secondary N) is 1. The van der Waals surface area contributed by atoms with Crippen LogP contribution in [0.4, 0.5) is 0 Å². The number of carbonyl (C=O) groups excluding carboxylic acids is 1. The monoisotopic (exact) mass is 290 g/mol. The predicted octanol–water partition coefficient (Wildman–Crippen LogP) is 0.309. The van der Waals surface area contributed by atoms with E-state index in [2.05, 4.69) is 17.4 Å². The van der Waals surface area contributed by atoms with Crippen molar-refractivity contribution in [2.45, 2.75) is 38.1 Å². The number of amides is 1. The molecular formula is C16H22N2O3. The topological polar surface area (TPSA) is 61.8 Å². The Balaban J connectivity index is 1.68. The van der Waals surface area contributed by atoms with Gasteiger partial charge in [0.15, 0.2) is 0 Å². The number of aliphatic hydroxyl groups excluding tert-OH is 1. The van der Waals surface area contributed by atoms with Crippen molar-refractivity contribution in [2.75, 3.05) is 19.7 Å². The van der Waals surface area contributed by atoms with Crippen molar-refractivity contribution < 1.29 is 14.6 Å². The Morgan fingerprint density at radius 1 is 1.38 bits per heavy atom. The number of hydrogen-bond donors (Lipinski definition) is 2. The first-order valence-corrected chi connectivity index (χ1v) is 7.52. The van der Waals surface area contributed by atoms with Crippen molar-refractivity contribution in [1.82, 2.24) is 10.2 Å². The third-order valence-electron chi connectivity index (χ3n) is 4.22. The maximum atomic E-state index is 12.7. The van der Waals surface area contributed by atoms with Crippen LogP contribution >= 0.6 is 0 Å². The fourth-order valence-electron chi connectivity index (χ4n) is 3.18. The van der Waals surface area contributed by atoms with Crippen LogP contribution in [0, 0.1) is 0 Å². The maximum absolute atomic E-state index is 12.7. The second-order valence-corrected chi connectivity index (χ2v) is 5.90. The number of fused-ring (bicyclic) bond motifs is 1. The van der Waals surface area contributed by atoms with Gasteiger partial charge in [-0.05, 0) is 24.5 Å². The standard InChI is InChI=1S/C16H22N2O3/c1-11-8-18(9-14(10-19)21-11)16(20)15-6-12-4-2-3-5-13(12)7-17-15/h2-5,11,14-15,17,19H,6-10H2,1H3/t11?,14?,15-/m0/s1. The van der Waals surface area contributed by atoms with Crippen LogP contribution in [0.15, 0.2) is 24.3 Å². The molecule has 1 fully saturated rings. The zero-order chi connectivity index (χ0) is 14.8. The van der Waals surface area contributed by atoms with Gasteiger partial charge >= 0.3 is 0 Å². The Kier molecular flexibility index (Phi) is 4.24. The van der Waals surface area contributed by atoms with E-state index in [0.29, 0.717) is 13.1 Å². The molecular weight excluding hydrogens is 268 g/mol. The van der Waals surface area contributed by atoms with Crippen molar-refractivity contribution in [3.8, 4) is 0 Å². The minimum atomic E-state index is -0.270. The molecule has 1 aromatic rings. The quantitative estimate of drug-likeness (QED) is 0.823. The highest BCUT2D eigenvalue weighted by molar-refractivity contribution is 5.82. The Hall–Kier alpha value is -1.43. The van der Waals surface area contributed by atoms with Gasteiger partial charge in [-0.15, -0.1) is 0 Å². The number of morpholine rings is 1. The summed E-state index contributed by atoms with van der Waals surface area (Å²) in [4.78, 5) is 14.5.